The van der Waals surface area contributed by atoms with Crippen molar-refractivity contribution in [1.82, 2.24) is 14.3 Å². The molecule has 0 unspecified atom stereocenters. The number of hydrogen-bond acceptors (Lipinski definition) is 5. The highest BCUT2D eigenvalue weighted by atomic mass is 32.2. The van der Waals surface area contributed by atoms with Crippen molar-refractivity contribution in [2.45, 2.75) is 25.3 Å². The zero-order valence-electron chi connectivity index (χ0n) is 14.8. The summed E-state index contributed by atoms with van der Waals surface area (Å²) in [5, 5.41) is 11.3. The number of nitro groups is 1. The van der Waals surface area contributed by atoms with Crippen molar-refractivity contribution in [2.75, 3.05) is 0 Å². The molecule has 2 aromatic carbocycles. The zero-order chi connectivity index (χ0) is 19.6. The highest BCUT2D eigenvalue weighted by Crippen LogP contribution is 2.27. The summed E-state index contributed by atoms with van der Waals surface area (Å²) in [5.74, 6) is 0. The van der Waals surface area contributed by atoms with E-state index >= 15 is 0 Å². The Labute approximate surface area is 156 Å². The summed E-state index contributed by atoms with van der Waals surface area (Å²) < 4.78 is 29.5. The normalized spacial score (nSPS) is 11.5. The number of aromatic nitrogens is 2. The Morgan fingerprint density at radius 2 is 1.81 bits per heavy atom. The van der Waals surface area contributed by atoms with Crippen LogP contribution >= 0.6 is 0 Å². The summed E-state index contributed by atoms with van der Waals surface area (Å²) in [6, 6.07) is 9.86. The molecule has 0 radical (unpaired) electrons. The topological polar surface area (TPSA) is 107 Å². The molecule has 0 saturated heterocycles. The van der Waals surface area contributed by atoms with Crippen molar-refractivity contribution in [3.05, 3.63) is 81.9 Å². The summed E-state index contributed by atoms with van der Waals surface area (Å²) in [6.07, 6.45) is 5.13. The van der Waals surface area contributed by atoms with Gasteiger partial charge in [-0.15, -0.1) is 0 Å². The van der Waals surface area contributed by atoms with Crippen LogP contribution in [0.3, 0.4) is 0 Å². The number of nitrogens with zero attached hydrogens (tertiary/aromatic N) is 3. The molecule has 0 spiro atoms. The first-order valence-electron chi connectivity index (χ1n) is 8.10. The largest absolute Gasteiger partial charge is 0.306 e. The lowest BCUT2D eigenvalue weighted by Gasteiger charge is -2.10. The van der Waals surface area contributed by atoms with Gasteiger partial charge in [-0.3, -0.25) is 10.1 Å². The molecule has 0 bridgehead atoms. The van der Waals surface area contributed by atoms with Crippen LogP contribution in [-0.4, -0.2) is 22.9 Å². The van der Waals surface area contributed by atoms with Crippen LogP contribution in [0.25, 0.3) is 5.69 Å². The number of nitrogens with one attached hydrogen (secondary N) is 1. The van der Waals surface area contributed by atoms with Crippen molar-refractivity contribution >= 4 is 15.7 Å². The third-order valence-electron chi connectivity index (χ3n) is 4.27. The number of rotatable bonds is 6. The summed E-state index contributed by atoms with van der Waals surface area (Å²) in [5.41, 5.74) is 2.53. The van der Waals surface area contributed by atoms with Gasteiger partial charge in [-0.1, -0.05) is 12.1 Å². The van der Waals surface area contributed by atoms with E-state index < -0.39 is 20.6 Å². The molecule has 8 nitrogen and oxygen atoms in total. The van der Waals surface area contributed by atoms with E-state index in [9.17, 15) is 18.5 Å². The van der Waals surface area contributed by atoms with E-state index in [4.69, 9.17) is 0 Å². The van der Waals surface area contributed by atoms with Gasteiger partial charge in [-0.25, -0.2) is 18.1 Å². The molecule has 1 N–H and O–H groups in total. The van der Waals surface area contributed by atoms with Gasteiger partial charge in [0.1, 0.15) is 0 Å². The quantitative estimate of drug-likeness (QED) is 0.518. The molecule has 140 valence electrons. The lowest BCUT2D eigenvalue weighted by molar-refractivity contribution is -0.387. The van der Waals surface area contributed by atoms with Crippen LogP contribution < -0.4 is 4.72 Å². The predicted octanol–water partition coefficient (Wildman–Crippen LogP) is 2.88. The van der Waals surface area contributed by atoms with E-state index in [-0.39, 0.29) is 11.4 Å². The number of nitro benzene ring substituents is 1. The lowest BCUT2D eigenvalue weighted by atomic mass is 10.1. The molecule has 0 aliphatic carbocycles. The van der Waals surface area contributed by atoms with Gasteiger partial charge in [0.15, 0.2) is 4.90 Å². The Bertz CT molecular complexity index is 1080. The first-order chi connectivity index (χ1) is 12.8. The Morgan fingerprint density at radius 1 is 1.15 bits per heavy atom. The number of aryl methyl sites for hydroxylation is 2. The van der Waals surface area contributed by atoms with E-state index in [0.717, 1.165) is 11.3 Å². The zero-order valence-corrected chi connectivity index (χ0v) is 15.6. The van der Waals surface area contributed by atoms with Crippen LogP contribution in [-0.2, 0) is 16.6 Å². The van der Waals surface area contributed by atoms with Crippen LogP contribution in [0.15, 0.2) is 60.0 Å². The smallest absolute Gasteiger partial charge is 0.289 e. The van der Waals surface area contributed by atoms with Gasteiger partial charge in [0.2, 0.25) is 10.0 Å². The van der Waals surface area contributed by atoms with E-state index in [2.05, 4.69) is 9.71 Å². The lowest BCUT2D eigenvalue weighted by Crippen LogP contribution is -2.24. The molecule has 9 heteroatoms. The summed E-state index contributed by atoms with van der Waals surface area (Å²) in [6.45, 7) is 3.44. The fourth-order valence-electron chi connectivity index (χ4n) is 2.59. The number of imidazole rings is 1. The third-order valence-corrected chi connectivity index (χ3v) is 5.70. The molecular formula is C18H18N4O4S. The van der Waals surface area contributed by atoms with Crippen LogP contribution in [0.5, 0.6) is 0 Å². The van der Waals surface area contributed by atoms with Gasteiger partial charge in [0.05, 0.1) is 11.3 Å². The van der Waals surface area contributed by atoms with Crippen LogP contribution in [0.1, 0.15) is 16.7 Å². The minimum absolute atomic E-state index is 0.0244. The Balaban J connectivity index is 1.81. The van der Waals surface area contributed by atoms with E-state index in [1.165, 1.54) is 12.1 Å². The van der Waals surface area contributed by atoms with Crippen molar-refractivity contribution in [3.63, 3.8) is 0 Å². The molecule has 0 saturated carbocycles. The third kappa shape index (κ3) is 4.04. The predicted molar refractivity (Wildman–Crippen MR) is 100 cm³/mol. The fourth-order valence-corrected chi connectivity index (χ4v) is 3.84. The maximum atomic E-state index is 12.6. The van der Waals surface area contributed by atoms with Gasteiger partial charge in [-0.05, 0) is 48.7 Å². The fraction of sp³-hybridized carbons (Fsp3) is 0.167. The second-order valence-corrected chi connectivity index (χ2v) is 7.86. The first kappa shape index (κ1) is 18.7. The van der Waals surface area contributed by atoms with Crippen molar-refractivity contribution in [1.29, 1.82) is 0 Å². The SMILES string of the molecule is Cc1cc([N+](=O)[O-])c(S(=O)(=O)NCc2ccc(-n3ccnc3)cc2)cc1C. The molecular weight excluding hydrogens is 368 g/mol. The summed E-state index contributed by atoms with van der Waals surface area (Å²) in [4.78, 5) is 14.2. The molecule has 0 fully saturated rings. The van der Waals surface area contributed by atoms with E-state index in [1.807, 2.05) is 16.7 Å². The molecule has 0 amide bonds. The van der Waals surface area contributed by atoms with Crippen LogP contribution in [0.2, 0.25) is 0 Å². The molecule has 27 heavy (non-hydrogen) atoms. The molecule has 0 atom stereocenters. The Hall–Kier alpha value is -3.04. The standard InChI is InChI=1S/C18H18N4O4S/c1-13-9-17(22(23)24)18(10-14(13)2)27(25,26)20-11-15-3-5-16(6-4-15)21-8-7-19-12-21/h3-10,12,20H,11H2,1-2H3. The number of sulfonamides is 1. The second-order valence-electron chi connectivity index (χ2n) is 6.12. The first-order valence-corrected chi connectivity index (χ1v) is 9.59. The highest BCUT2D eigenvalue weighted by Gasteiger charge is 2.26. The molecule has 0 aliphatic rings. The molecule has 3 rings (SSSR count). The average Bonchev–Trinajstić information content (AvgIpc) is 3.17. The molecule has 0 aliphatic heterocycles. The number of benzene rings is 2. The van der Waals surface area contributed by atoms with E-state index in [0.29, 0.717) is 11.1 Å². The summed E-state index contributed by atoms with van der Waals surface area (Å²) in [7, 11) is -4.03. The Kier molecular flexibility index (Phi) is 5.06. The molecule has 1 heterocycles. The van der Waals surface area contributed by atoms with Crippen LogP contribution in [0.4, 0.5) is 5.69 Å². The Morgan fingerprint density at radius 3 is 2.41 bits per heavy atom. The molecule has 3 aromatic rings. The van der Waals surface area contributed by atoms with Gasteiger partial charge in [0, 0.05) is 30.7 Å². The average molecular weight is 386 g/mol. The second kappa shape index (κ2) is 7.29. The molecule has 1 aromatic heterocycles. The minimum Gasteiger partial charge on any atom is -0.306 e. The van der Waals surface area contributed by atoms with Crippen molar-refractivity contribution in [2.24, 2.45) is 0 Å². The van der Waals surface area contributed by atoms with Crippen molar-refractivity contribution in [3.8, 4) is 5.69 Å². The minimum atomic E-state index is -4.03. The summed E-state index contributed by atoms with van der Waals surface area (Å²) >= 11 is 0. The van der Waals surface area contributed by atoms with Crippen LogP contribution in [0, 0.1) is 24.0 Å². The van der Waals surface area contributed by atoms with Gasteiger partial charge >= 0.3 is 0 Å². The maximum Gasteiger partial charge on any atom is 0.289 e. The monoisotopic (exact) mass is 386 g/mol. The van der Waals surface area contributed by atoms with E-state index in [1.54, 1.807) is 44.7 Å². The van der Waals surface area contributed by atoms with Gasteiger partial charge < -0.3 is 4.57 Å². The highest BCUT2D eigenvalue weighted by molar-refractivity contribution is 7.89. The van der Waals surface area contributed by atoms with Gasteiger partial charge in [-0.2, -0.15) is 0 Å². The number of hydrogen-bond donors (Lipinski definition) is 1. The van der Waals surface area contributed by atoms with Gasteiger partial charge in [0.25, 0.3) is 5.69 Å². The maximum absolute atomic E-state index is 12.6. The van der Waals surface area contributed by atoms with Crippen molar-refractivity contribution < 1.29 is 13.3 Å².